The molecule has 0 amide bonds. The van der Waals surface area contributed by atoms with E-state index >= 15 is 0 Å². The van der Waals surface area contributed by atoms with Crippen LogP contribution in [0, 0.1) is 0 Å². The predicted molar refractivity (Wildman–Crippen MR) is 88.6 cm³/mol. The van der Waals surface area contributed by atoms with Crippen molar-refractivity contribution in [2.24, 2.45) is 0 Å². The van der Waals surface area contributed by atoms with Gasteiger partial charge in [-0.2, -0.15) is 8.78 Å². The van der Waals surface area contributed by atoms with E-state index in [-0.39, 0.29) is 5.60 Å². The van der Waals surface area contributed by atoms with Crippen molar-refractivity contribution < 1.29 is 13.5 Å². The molecule has 0 saturated carbocycles. The second-order valence-corrected chi connectivity index (χ2v) is 6.88. The molecule has 3 rings (SSSR count). The van der Waals surface area contributed by atoms with Crippen molar-refractivity contribution in [1.82, 2.24) is 14.6 Å². The van der Waals surface area contributed by atoms with Crippen LogP contribution in [0.5, 0.6) is 5.75 Å². The minimum atomic E-state index is -3.58. The number of fused-ring (bicyclic) bond motifs is 1. The fourth-order valence-electron chi connectivity index (χ4n) is 2.32. The fourth-order valence-corrected chi connectivity index (χ4v) is 2.45. The molecule has 2 heterocycles. The Morgan fingerprint density at radius 2 is 1.58 bits per heavy atom. The number of aromatic nitrogens is 3. The van der Waals surface area contributed by atoms with Gasteiger partial charge in [-0.05, 0) is 67.8 Å². The van der Waals surface area contributed by atoms with Crippen LogP contribution in [0.3, 0.4) is 0 Å². The van der Waals surface area contributed by atoms with Crippen LogP contribution >= 0.6 is 11.6 Å². The number of ether oxygens (including phenoxy) is 1. The molecule has 4 nitrogen and oxygen atoms in total. The maximum Gasteiger partial charge on any atom is 0.382 e. The molecule has 0 aliphatic carbocycles. The molecule has 0 unspecified atom stereocenters. The maximum absolute atomic E-state index is 13.4. The van der Waals surface area contributed by atoms with E-state index in [0.717, 1.165) is 16.9 Å². The van der Waals surface area contributed by atoms with Crippen LogP contribution < -0.4 is 4.74 Å². The summed E-state index contributed by atoms with van der Waals surface area (Å²) < 4.78 is 33.7. The van der Waals surface area contributed by atoms with Gasteiger partial charge in [-0.3, -0.25) is 4.40 Å². The predicted octanol–water partition coefficient (Wildman–Crippen LogP) is 4.86. The number of rotatable bonds is 3. The van der Waals surface area contributed by atoms with Crippen LogP contribution in [-0.4, -0.2) is 20.2 Å². The number of nitrogens with zero attached hydrogens (tertiary/aromatic N) is 3. The van der Waals surface area contributed by atoms with Gasteiger partial charge in [0.1, 0.15) is 11.4 Å². The van der Waals surface area contributed by atoms with Gasteiger partial charge in [0.05, 0.1) is 0 Å². The summed E-state index contributed by atoms with van der Waals surface area (Å²) in [5.74, 6) is 0.137. The number of benzene rings is 1. The van der Waals surface area contributed by atoms with Gasteiger partial charge in [0, 0.05) is 6.20 Å². The second kappa shape index (κ2) is 5.70. The molecule has 0 atom stereocenters. The lowest BCUT2D eigenvalue weighted by Crippen LogP contribution is -2.22. The monoisotopic (exact) mass is 351 g/mol. The molecule has 0 N–H and O–H groups in total. The van der Waals surface area contributed by atoms with Crippen molar-refractivity contribution in [3.63, 3.8) is 0 Å². The zero-order valence-electron chi connectivity index (χ0n) is 13.4. The lowest BCUT2D eigenvalue weighted by atomic mass is 10.1. The van der Waals surface area contributed by atoms with E-state index in [2.05, 4.69) is 10.2 Å². The van der Waals surface area contributed by atoms with E-state index in [1.807, 2.05) is 45.0 Å². The van der Waals surface area contributed by atoms with Crippen LogP contribution in [0.2, 0.25) is 0 Å². The molecule has 24 heavy (non-hydrogen) atoms. The van der Waals surface area contributed by atoms with E-state index < -0.39 is 11.2 Å². The third kappa shape index (κ3) is 3.48. The molecule has 1 aromatic carbocycles. The smallest absolute Gasteiger partial charge is 0.382 e. The summed E-state index contributed by atoms with van der Waals surface area (Å²) in [5, 5.41) is 3.59. The second-order valence-electron chi connectivity index (χ2n) is 6.41. The molecule has 3 aromatic rings. The summed E-state index contributed by atoms with van der Waals surface area (Å²) >= 11 is 5.09. The van der Waals surface area contributed by atoms with Crippen molar-refractivity contribution in [3.8, 4) is 16.9 Å². The number of hydrogen-bond acceptors (Lipinski definition) is 3. The van der Waals surface area contributed by atoms with Gasteiger partial charge < -0.3 is 4.74 Å². The Kier molecular flexibility index (Phi) is 3.95. The third-order valence-corrected chi connectivity index (χ3v) is 3.44. The highest BCUT2D eigenvalue weighted by Crippen LogP contribution is 2.32. The summed E-state index contributed by atoms with van der Waals surface area (Å²) in [6.45, 7) is 5.90. The Labute approximate surface area is 143 Å². The highest BCUT2D eigenvalue weighted by molar-refractivity contribution is 6.21. The summed E-state index contributed by atoms with van der Waals surface area (Å²) in [7, 11) is 0. The lowest BCUT2D eigenvalue weighted by molar-refractivity contribution is 0.0833. The van der Waals surface area contributed by atoms with Crippen LogP contribution in [-0.2, 0) is 5.38 Å². The topological polar surface area (TPSA) is 39.4 Å². The van der Waals surface area contributed by atoms with Gasteiger partial charge in [0.25, 0.3) is 0 Å². The van der Waals surface area contributed by atoms with Crippen LogP contribution in [0.25, 0.3) is 16.8 Å². The first-order valence-corrected chi connectivity index (χ1v) is 7.73. The molecule has 0 fully saturated rings. The standard InChI is InChI=1S/C17H16ClF2N3O/c1-16(2,3)24-13-7-4-11(5-8-13)12-6-9-14-21-22-15(17(18,19)20)23(14)10-12/h4-10H,1-3H3. The summed E-state index contributed by atoms with van der Waals surface area (Å²) in [6, 6.07) is 10.8. The average molecular weight is 352 g/mol. The zero-order valence-corrected chi connectivity index (χ0v) is 14.2. The average Bonchev–Trinajstić information content (AvgIpc) is 2.89. The van der Waals surface area contributed by atoms with Crippen molar-refractivity contribution >= 4 is 17.2 Å². The molecule has 0 aliphatic heterocycles. The van der Waals surface area contributed by atoms with Crippen LogP contribution in [0.1, 0.15) is 26.6 Å². The Hall–Kier alpha value is -2.21. The van der Waals surface area contributed by atoms with Crippen LogP contribution in [0.4, 0.5) is 8.78 Å². The summed E-state index contributed by atoms with van der Waals surface area (Å²) in [4.78, 5) is 0. The van der Waals surface area contributed by atoms with E-state index in [4.69, 9.17) is 16.3 Å². The van der Waals surface area contributed by atoms with Crippen molar-refractivity contribution in [3.05, 3.63) is 48.4 Å². The number of alkyl halides is 3. The number of halogens is 3. The minimum Gasteiger partial charge on any atom is -0.488 e. The van der Waals surface area contributed by atoms with Gasteiger partial charge in [-0.15, -0.1) is 10.2 Å². The Morgan fingerprint density at radius 3 is 2.17 bits per heavy atom. The minimum absolute atomic E-state index is 0.288. The lowest BCUT2D eigenvalue weighted by Gasteiger charge is -2.21. The van der Waals surface area contributed by atoms with E-state index in [9.17, 15) is 8.78 Å². The largest absolute Gasteiger partial charge is 0.488 e. The zero-order chi connectivity index (χ0) is 17.5. The molecule has 0 saturated heterocycles. The molecular weight excluding hydrogens is 336 g/mol. The summed E-state index contributed by atoms with van der Waals surface area (Å²) in [5.41, 5.74) is 1.62. The first-order valence-electron chi connectivity index (χ1n) is 7.35. The van der Waals surface area contributed by atoms with Gasteiger partial charge in [-0.1, -0.05) is 12.1 Å². The maximum atomic E-state index is 13.4. The number of pyridine rings is 1. The Bertz CT molecular complexity index is 864. The molecular formula is C17H16ClF2N3O. The van der Waals surface area contributed by atoms with Gasteiger partial charge in [0.2, 0.25) is 5.82 Å². The van der Waals surface area contributed by atoms with Gasteiger partial charge in [-0.25, -0.2) is 0 Å². The summed E-state index contributed by atoms with van der Waals surface area (Å²) in [6.07, 6.45) is 1.54. The van der Waals surface area contributed by atoms with Gasteiger partial charge >= 0.3 is 5.38 Å². The van der Waals surface area contributed by atoms with E-state index in [1.165, 1.54) is 4.40 Å². The van der Waals surface area contributed by atoms with Crippen molar-refractivity contribution in [2.45, 2.75) is 31.8 Å². The third-order valence-electron chi connectivity index (χ3n) is 3.27. The van der Waals surface area contributed by atoms with Crippen molar-refractivity contribution in [1.29, 1.82) is 0 Å². The molecule has 0 bridgehead atoms. The van der Waals surface area contributed by atoms with Gasteiger partial charge in [0.15, 0.2) is 5.65 Å². The molecule has 0 spiro atoms. The van der Waals surface area contributed by atoms with E-state index in [0.29, 0.717) is 5.65 Å². The Balaban J connectivity index is 1.97. The highest BCUT2D eigenvalue weighted by Gasteiger charge is 2.34. The molecule has 0 radical (unpaired) electrons. The molecule has 126 valence electrons. The Morgan fingerprint density at radius 1 is 0.958 bits per heavy atom. The first kappa shape index (κ1) is 16.6. The van der Waals surface area contributed by atoms with E-state index in [1.54, 1.807) is 18.3 Å². The highest BCUT2D eigenvalue weighted by atomic mass is 35.5. The molecule has 2 aromatic heterocycles. The fraction of sp³-hybridized carbons (Fsp3) is 0.294. The SMILES string of the molecule is CC(C)(C)Oc1ccc(-c2ccc3nnc(C(F)(F)Cl)n3c2)cc1. The molecule has 0 aliphatic rings. The quantitative estimate of drug-likeness (QED) is 0.632. The van der Waals surface area contributed by atoms with Crippen LogP contribution in [0.15, 0.2) is 42.6 Å². The molecule has 7 heteroatoms. The first-order chi connectivity index (χ1) is 11.1. The number of hydrogen-bond donors (Lipinski definition) is 0. The normalized spacial score (nSPS) is 12.6. The van der Waals surface area contributed by atoms with Crippen molar-refractivity contribution in [2.75, 3.05) is 0 Å².